The minimum Gasteiger partial charge on any atom is -0.480 e. The second-order valence-electron chi connectivity index (χ2n) is 15.6. The predicted octanol–water partition coefficient (Wildman–Crippen LogP) is 3.88. The molecule has 3 fully saturated rings. The number of rotatable bonds is 12. The zero-order valence-electron chi connectivity index (χ0n) is 33.0. The number of carbonyl (C=O) groups is 6. The van der Waals surface area contributed by atoms with Crippen LogP contribution in [0.25, 0.3) is 10.9 Å². The van der Waals surface area contributed by atoms with Crippen molar-refractivity contribution in [2.75, 3.05) is 39.3 Å². The summed E-state index contributed by atoms with van der Waals surface area (Å²) in [6.45, 7) is 12.1. The molecule has 15 heteroatoms. The first-order valence-electron chi connectivity index (χ1n) is 19.6. The molecular formula is C40H56N6O9. The number of likely N-dealkylation sites (tertiary alicyclic amines) is 1. The van der Waals surface area contributed by atoms with E-state index in [1.54, 1.807) is 50.5 Å². The summed E-state index contributed by atoms with van der Waals surface area (Å²) in [4.78, 5) is 89.1. The molecule has 2 aliphatic heterocycles. The van der Waals surface area contributed by atoms with Gasteiger partial charge in [-0.2, -0.15) is 0 Å². The van der Waals surface area contributed by atoms with E-state index in [0.717, 1.165) is 31.2 Å². The van der Waals surface area contributed by atoms with E-state index in [9.17, 15) is 28.8 Å². The number of nitrogens with one attached hydrogen (secondary N) is 2. The number of carbonyl (C=O) groups excluding carboxylic acids is 6. The van der Waals surface area contributed by atoms with Crippen LogP contribution in [0.5, 0.6) is 5.75 Å². The van der Waals surface area contributed by atoms with Gasteiger partial charge in [0.2, 0.25) is 11.8 Å². The van der Waals surface area contributed by atoms with Crippen LogP contribution in [-0.4, -0.2) is 125 Å². The number of piperazine rings is 1. The number of nitrogens with zero attached hydrogens (tertiary/aromatic N) is 4. The van der Waals surface area contributed by atoms with E-state index in [0.29, 0.717) is 30.3 Å². The van der Waals surface area contributed by atoms with Gasteiger partial charge in [0.25, 0.3) is 11.8 Å². The Hall–Kier alpha value is -4.95. The van der Waals surface area contributed by atoms with E-state index >= 15 is 0 Å². The van der Waals surface area contributed by atoms with E-state index in [1.165, 1.54) is 11.0 Å². The largest absolute Gasteiger partial charge is 0.480 e. The molecule has 0 bridgehead atoms. The normalized spacial score (nSPS) is 18.8. The lowest BCUT2D eigenvalue weighted by Gasteiger charge is -2.36. The van der Waals surface area contributed by atoms with Crippen molar-refractivity contribution in [3.63, 3.8) is 0 Å². The van der Waals surface area contributed by atoms with Crippen molar-refractivity contribution >= 4 is 46.6 Å². The Kier molecular flexibility index (Phi) is 13.6. The van der Waals surface area contributed by atoms with E-state index in [1.807, 2.05) is 19.1 Å². The summed E-state index contributed by atoms with van der Waals surface area (Å²) in [5.41, 5.74) is 0.547. The zero-order chi connectivity index (χ0) is 39.9. The highest BCUT2D eigenvalue weighted by atomic mass is 16.6. The van der Waals surface area contributed by atoms with Crippen molar-refractivity contribution in [3.05, 3.63) is 35.5 Å². The van der Waals surface area contributed by atoms with Crippen LogP contribution in [0.2, 0.25) is 0 Å². The number of ether oxygens (including phenoxy) is 3. The molecule has 300 valence electrons. The molecule has 0 radical (unpaired) electrons. The quantitative estimate of drug-likeness (QED) is 0.302. The lowest BCUT2D eigenvalue weighted by Crippen LogP contribution is -2.56. The van der Waals surface area contributed by atoms with Crippen LogP contribution in [-0.2, 0) is 28.7 Å². The number of aromatic nitrogens is 1. The molecule has 15 nitrogen and oxygen atoms in total. The van der Waals surface area contributed by atoms with E-state index in [2.05, 4.69) is 15.6 Å². The maximum Gasteiger partial charge on any atom is 0.409 e. The lowest BCUT2D eigenvalue weighted by molar-refractivity contribution is -0.155. The minimum absolute atomic E-state index is 0.0372. The first-order chi connectivity index (χ1) is 26.1. The highest BCUT2D eigenvalue weighted by Gasteiger charge is 2.38. The summed E-state index contributed by atoms with van der Waals surface area (Å²) in [7, 11) is 0. The molecule has 1 aliphatic carbocycles. The van der Waals surface area contributed by atoms with Gasteiger partial charge in [-0.3, -0.25) is 24.0 Å². The van der Waals surface area contributed by atoms with Crippen LogP contribution < -0.4 is 15.4 Å². The molecule has 5 rings (SSSR count). The van der Waals surface area contributed by atoms with Gasteiger partial charge in [-0.25, -0.2) is 9.78 Å². The second-order valence-corrected chi connectivity index (χ2v) is 15.6. The number of esters is 1. The van der Waals surface area contributed by atoms with E-state index in [-0.39, 0.29) is 74.9 Å². The van der Waals surface area contributed by atoms with Crippen molar-refractivity contribution in [1.82, 2.24) is 30.3 Å². The second kappa shape index (κ2) is 18.1. The number of fused-ring (bicyclic) bond motifs is 1. The Labute approximate surface area is 322 Å². The van der Waals surface area contributed by atoms with Gasteiger partial charge in [-0.05, 0) is 91.3 Å². The van der Waals surface area contributed by atoms with Crippen molar-refractivity contribution in [1.29, 1.82) is 0 Å². The molecular weight excluding hydrogens is 708 g/mol. The van der Waals surface area contributed by atoms with Crippen molar-refractivity contribution < 1.29 is 43.0 Å². The number of amides is 5. The predicted molar refractivity (Wildman–Crippen MR) is 203 cm³/mol. The molecule has 1 saturated carbocycles. The van der Waals surface area contributed by atoms with Crippen LogP contribution >= 0.6 is 0 Å². The third kappa shape index (κ3) is 10.8. The Morgan fingerprint density at radius 3 is 2.27 bits per heavy atom. The summed E-state index contributed by atoms with van der Waals surface area (Å²) >= 11 is 0. The van der Waals surface area contributed by atoms with Crippen molar-refractivity contribution in [2.24, 2.45) is 0 Å². The molecule has 2 N–H and O–H groups in total. The lowest BCUT2D eigenvalue weighted by atomic mass is 10.1. The molecule has 1 aromatic carbocycles. The Bertz CT molecular complexity index is 1750. The average Bonchev–Trinajstić information content (AvgIpc) is 3.85. The summed E-state index contributed by atoms with van der Waals surface area (Å²) in [5.74, 6) is -1.83. The fourth-order valence-corrected chi connectivity index (χ4v) is 7.35. The van der Waals surface area contributed by atoms with Crippen LogP contribution in [0.4, 0.5) is 4.79 Å². The average molecular weight is 765 g/mol. The molecule has 55 heavy (non-hydrogen) atoms. The van der Waals surface area contributed by atoms with Gasteiger partial charge in [-0.15, -0.1) is 0 Å². The fraction of sp³-hybridized carbons (Fsp3) is 0.625. The van der Waals surface area contributed by atoms with Crippen LogP contribution in [0.3, 0.4) is 0 Å². The maximum atomic E-state index is 14.0. The third-order valence-corrected chi connectivity index (χ3v) is 10.1. The molecule has 0 spiro atoms. The van der Waals surface area contributed by atoms with Gasteiger partial charge >= 0.3 is 12.1 Å². The first-order valence-corrected chi connectivity index (χ1v) is 19.6. The summed E-state index contributed by atoms with van der Waals surface area (Å²) in [5, 5.41) is 6.50. The SMILES string of the molecule is CCOC(=O)N1CCN(C(=O)[C@H](CCC(=O)OC(C)(C)C)NC(=O)c2cc(O[C@H](C)C(=O)N3CCC[C@H]3C(=O)NC3CCCC3)c3ccc(C)cc3n2)CC1. The standard InChI is InChI=1S/C40H56N6O9/c1-7-53-39(52)45-21-19-44(20-22-45)38(51)29(16-17-34(47)55-40(4,5)6)43-35(48)31-24-33(28-15-14-25(2)23-30(28)42-31)54-26(3)37(50)46-18-10-13-32(46)36(49)41-27-11-8-9-12-27/h14-15,23-24,26-27,29,32H,7-13,16-22H2,1-6H3,(H,41,49)(H,43,48)/t26-,29+,32+/m1/s1. The number of hydrogen-bond donors (Lipinski definition) is 2. The van der Waals surface area contributed by atoms with Gasteiger partial charge in [0, 0.05) is 56.6 Å². The van der Waals surface area contributed by atoms with Gasteiger partial charge in [0.1, 0.15) is 29.1 Å². The minimum atomic E-state index is -1.11. The Morgan fingerprint density at radius 2 is 1.60 bits per heavy atom. The molecule has 2 aromatic rings. The monoisotopic (exact) mass is 764 g/mol. The van der Waals surface area contributed by atoms with Crippen molar-refractivity contribution in [2.45, 2.75) is 123 Å². The van der Waals surface area contributed by atoms with Crippen LogP contribution in [0, 0.1) is 6.92 Å². The number of hydrogen-bond acceptors (Lipinski definition) is 10. The smallest absolute Gasteiger partial charge is 0.409 e. The van der Waals surface area contributed by atoms with Crippen LogP contribution in [0.1, 0.15) is 102 Å². The van der Waals surface area contributed by atoms with E-state index in [4.69, 9.17) is 14.2 Å². The molecule has 2 saturated heterocycles. The highest BCUT2D eigenvalue weighted by Crippen LogP contribution is 2.29. The van der Waals surface area contributed by atoms with Gasteiger partial charge in [0.15, 0.2) is 6.10 Å². The Balaban J connectivity index is 1.34. The highest BCUT2D eigenvalue weighted by molar-refractivity contribution is 6.00. The Morgan fingerprint density at radius 1 is 0.909 bits per heavy atom. The molecule has 3 aliphatic rings. The number of aryl methyl sites for hydroxylation is 1. The summed E-state index contributed by atoms with van der Waals surface area (Å²) in [6, 6.07) is 5.38. The molecule has 0 unspecified atom stereocenters. The molecule has 1 aromatic heterocycles. The molecule has 3 atom stereocenters. The number of benzene rings is 1. The van der Waals surface area contributed by atoms with Gasteiger partial charge in [0.05, 0.1) is 12.1 Å². The van der Waals surface area contributed by atoms with Crippen molar-refractivity contribution in [3.8, 4) is 5.75 Å². The summed E-state index contributed by atoms with van der Waals surface area (Å²) in [6.07, 6.45) is 3.73. The first kappa shape index (κ1) is 41.2. The zero-order valence-corrected chi connectivity index (χ0v) is 33.0. The fourth-order valence-electron chi connectivity index (χ4n) is 7.35. The van der Waals surface area contributed by atoms with E-state index < -0.39 is 47.7 Å². The topological polar surface area (TPSA) is 177 Å². The molecule has 3 heterocycles. The molecule has 5 amide bonds. The van der Waals surface area contributed by atoms with Gasteiger partial charge in [-0.1, -0.05) is 18.9 Å². The number of pyridine rings is 1. The van der Waals surface area contributed by atoms with Crippen LogP contribution in [0.15, 0.2) is 24.3 Å². The maximum absolute atomic E-state index is 14.0. The third-order valence-electron chi connectivity index (χ3n) is 10.1. The van der Waals surface area contributed by atoms with Gasteiger partial charge < -0.3 is 39.5 Å². The summed E-state index contributed by atoms with van der Waals surface area (Å²) < 4.78 is 16.9.